The number of likely N-dealkylation sites (N-methyl/N-ethyl adjacent to an activating group) is 1. The molecule has 0 unspecified atom stereocenters. The molecular weight excluding hydrogens is 619 g/mol. The average molecular weight is 647 g/mol. The standard InChI is InChI=1S/C30H27FN8O6S/c1-38-7-9-39(10-8-38)25-14-19(26(32)40)20(13-22(25)27-33-15-24(34-27)30(42)43)29(41)35-28-21-12-18(5-6-23(21)36-37-28)46(44,45)17-4-2-3-16(31)11-17/h2-6,11-15H,7-10H2,1H3,(H2,32,40)(H,33,34)(H,42,43)(H2,35,36,37,41). The van der Waals surface area contributed by atoms with Gasteiger partial charge in [0, 0.05) is 42.8 Å². The first kappa shape index (κ1) is 30.4. The number of carboxylic acid groups (broad SMARTS) is 1. The molecule has 0 aliphatic carbocycles. The number of nitrogens with zero attached hydrogens (tertiary/aromatic N) is 4. The van der Waals surface area contributed by atoms with Gasteiger partial charge in [0.05, 0.1) is 32.6 Å². The number of imidazole rings is 1. The van der Waals surface area contributed by atoms with E-state index in [9.17, 15) is 32.3 Å². The number of carbonyl (C=O) groups is 3. The molecule has 1 saturated heterocycles. The molecule has 1 aliphatic heterocycles. The zero-order valence-electron chi connectivity index (χ0n) is 24.2. The normalized spacial score (nSPS) is 14.0. The van der Waals surface area contributed by atoms with Gasteiger partial charge in [0.25, 0.3) is 5.91 Å². The van der Waals surface area contributed by atoms with Crippen molar-refractivity contribution in [2.75, 3.05) is 43.4 Å². The number of amides is 2. The summed E-state index contributed by atoms with van der Waals surface area (Å²) in [6.45, 7) is 2.60. The van der Waals surface area contributed by atoms with Crippen LogP contribution in [0.25, 0.3) is 22.3 Å². The van der Waals surface area contributed by atoms with E-state index in [1.54, 1.807) is 0 Å². The number of carboxylic acids is 1. The van der Waals surface area contributed by atoms with E-state index in [2.05, 4.69) is 30.4 Å². The van der Waals surface area contributed by atoms with E-state index in [4.69, 9.17) is 5.73 Å². The zero-order chi connectivity index (χ0) is 32.7. The van der Waals surface area contributed by atoms with Gasteiger partial charge in [0.2, 0.25) is 15.7 Å². The van der Waals surface area contributed by atoms with Crippen LogP contribution in [0.1, 0.15) is 31.2 Å². The van der Waals surface area contributed by atoms with Gasteiger partial charge in [0.1, 0.15) is 17.3 Å². The van der Waals surface area contributed by atoms with Crippen molar-refractivity contribution in [1.82, 2.24) is 25.1 Å². The van der Waals surface area contributed by atoms with Crippen LogP contribution in [0.3, 0.4) is 0 Å². The Morgan fingerprint density at radius 2 is 1.74 bits per heavy atom. The van der Waals surface area contributed by atoms with Gasteiger partial charge in [-0.2, -0.15) is 5.10 Å². The van der Waals surface area contributed by atoms with Gasteiger partial charge in [0.15, 0.2) is 5.82 Å². The molecule has 3 heterocycles. The van der Waals surface area contributed by atoms with Gasteiger partial charge in [-0.1, -0.05) is 6.07 Å². The van der Waals surface area contributed by atoms with Crippen LogP contribution in [0.4, 0.5) is 15.9 Å². The van der Waals surface area contributed by atoms with E-state index in [1.807, 2.05) is 11.9 Å². The van der Waals surface area contributed by atoms with Gasteiger partial charge < -0.3 is 30.9 Å². The van der Waals surface area contributed by atoms with Crippen molar-refractivity contribution >= 4 is 50.0 Å². The summed E-state index contributed by atoms with van der Waals surface area (Å²) in [6, 6.07) is 11.6. The second-order valence-corrected chi connectivity index (χ2v) is 12.7. The summed E-state index contributed by atoms with van der Waals surface area (Å²) in [5, 5.41) is 19.2. The predicted octanol–water partition coefficient (Wildman–Crippen LogP) is 2.73. The van der Waals surface area contributed by atoms with E-state index in [1.165, 1.54) is 42.5 Å². The summed E-state index contributed by atoms with van der Waals surface area (Å²) in [7, 11) is -2.14. The van der Waals surface area contributed by atoms with E-state index < -0.39 is 33.4 Å². The molecule has 3 aromatic carbocycles. The second kappa shape index (κ2) is 11.7. The number of aromatic carboxylic acids is 1. The summed E-state index contributed by atoms with van der Waals surface area (Å²) >= 11 is 0. The Morgan fingerprint density at radius 3 is 2.41 bits per heavy atom. The van der Waals surface area contributed by atoms with Crippen molar-refractivity contribution in [3.63, 3.8) is 0 Å². The van der Waals surface area contributed by atoms with Crippen molar-refractivity contribution in [3.05, 3.63) is 83.4 Å². The number of aromatic nitrogens is 4. The Labute approximate surface area is 261 Å². The van der Waals surface area contributed by atoms with Crippen LogP contribution in [-0.2, 0) is 9.84 Å². The number of hydrogen-bond acceptors (Lipinski definition) is 9. The summed E-state index contributed by atoms with van der Waals surface area (Å²) in [5.74, 6) is -3.49. The number of fused-ring (bicyclic) bond motifs is 1. The number of rotatable bonds is 8. The van der Waals surface area contributed by atoms with Gasteiger partial charge in [-0.25, -0.2) is 22.6 Å². The van der Waals surface area contributed by atoms with Crippen LogP contribution in [0.15, 0.2) is 70.6 Å². The molecule has 6 rings (SSSR count). The maximum Gasteiger partial charge on any atom is 0.353 e. The fourth-order valence-corrected chi connectivity index (χ4v) is 6.56. The maximum absolute atomic E-state index is 13.8. The van der Waals surface area contributed by atoms with Crippen LogP contribution in [0, 0.1) is 5.82 Å². The highest BCUT2D eigenvalue weighted by atomic mass is 32.2. The third kappa shape index (κ3) is 5.66. The molecule has 2 amide bonds. The quantitative estimate of drug-likeness (QED) is 0.167. The first-order chi connectivity index (χ1) is 21.9. The largest absolute Gasteiger partial charge is 0.477 e. The third-order valence-electron chi connectivity index (χ3n) is 7.73. The number of nitrogens with two attached hydrogens (primary N) is 1. The highest BCUT2D eigenvalue weighted by molar-refractivity contribution is 7.91. The van der Waals surface area contributed by atoms with E-state index >= 15 is 0 Å². The number of benzene rings is 3. The monoisotopic (exact) mass is 646 g/mol. The molecular formula is C30H27FN8O6S. The highest BCUT2D eigenvalue weighted by Crippen LogP contribution is 2.34. The van der Waals surface area contributed by atoms with Gasteiger partial charge in [-0.3, -0.25) is 14.7 Å². The lowest BCUT2D eigenvalue weighted by molar-refractivity contribution is 0.0690. The average Bonchev–Trinajstić information content (AvgIpc) is 3.68. The fraction of sp³-hybridized carbons (Fsp3) is 0.167. The van der Waals surface area contributed by atoms with Crippen molar-refractivity contribution in [2.24, 2.45) is 5.73 Å². The van der Waals surface area contributed by atoms with Crippen molar-refractivity contribution in [2.45, 2.75) is 9.79 Å². The van der Waals surface area contributed by atoms with Crippen LogP contribution < -0.4 is 16.0 Å². The number of piperazine rings is 1. The molecule has 1 aliphatic rings. The molecule has 0 spiro atoms. The molecule has 14 nitrogen and oxygen atoms in total. The lowest BCUT2D eigenvalue weighted by Crippen LogP contribution is -2.44. The van der Waals surface area contributed by atoms with E-state index in [-0.39, 0.29) is 43.6 Å². The summed E-state index contributed by atoms with van der Waals surface area (Å²) in [5.41, 5.74) is 6.61. The molecule has 5 aromatic rings. The number of carbonyl (C=O) groups excluding carboxylic acids is 2. The molecule has 16 heteroatoms. The molecule has 0 atom stereocenters. The number of anilines is 2. The van der Waals surface area contributed by atoms with Gasteiger partial charge >= 0.3 is 5.97 Å². The Morgan fingerprint density at radius 1 is 1.00 bits per heavy atom. The molecule has 0 bridgehead atoms. The molecule has 46 heavy (non-hydrogen) atoms. The number of nitrogens with one attached hydrogen (secondary N) is 3. The number of sulfone groups is 1. The minimum atomic E-state index is -4.12. The minimum absolute atomic E-state index is 0.0393. The Hall–Kier alpha value is -5.61. The molecule has 1 fully saturated rings. The molecule has 6 N–H and O–H groups in total. The number of H-pyrrole nitrogens is 2. The van der Waals surface area contributed by atoms with Crippen molar-refractivity contribution in [3.8, 4) is 11.4 Å². The van der Waals surface area contributed by atoms with E-state index in [0.717, 1.165) is 31.4 Å². The first-order valence-electron chi connectivity index (χ1n) is 13.9. The van der Waals surface area contributed by atoms with Gasteiger partial charge in [-0.05, 0) is 55.6 Å². The van der Waals surface area contributed by atoms with Crippen LogP contribution in [0.2, 0.25) is 0 Å². The second-order valence-electron chi connectivity index (χ2n) is 10.7. The number of aromatic amines is 2. The van der Waals surface area contributed by atoms with E-state index in [0.29, 0.717) is 29.9 Å². The third-order valence-corrected chi connectivity index (χ3v) is 9.48. The van der Waals surface area contributed by atoms with Crippen molar-refractivity contribution < 1.29 is 32.3 Å². The minimum Gasteiger partial charge on any atom is -0.477 e. The van der Waals surface area contributed by atoms with Crippen molar-refractivity contribution in [1.29, 1.82) is 0 Å². The smallest absolute Gasteiger partial charge is 0.353 e. The van der Waals surface area contributed by atoms with Crippen LogP contribution in [0.5, 0.6) is 0 Å². The topological polar surface area (TPSA) is 207 Å². The summed E-state index contributed by atoms with van der Waals surface area (Å²) in [4.78, 5) is 48.7. The Bertz CT molecular complexity index is 2140. The lowest BCUT2D eigenvalue weighted by atomic mass is 9.98. The van der Waals surface area contributed by atoms with Crippen LogP contribution in [-0.4, -0.2) is 89.6 Å². The molecule has 2 aromatic heterocycles. The lowest BCUT2D eigenvalue weighted by Gasteiger charge is -2.35. The summed E-state index contributed by atoms with van der Waals surface area (Å²) < 4.78 is 40.3. The highest BCUT2D eigenvalue weighted by Gasteiger charge is 2.27. The predicted molar refractivity (Wildman–Crippen MR) is 165 cm³/mol. The number of hydrogen-bond donors (Lipinski definition) is 5. The molecule has 236 valence electrons. The number of primary amides is 1. The SMILES string of the molecule is CN1CCN(c2cc(C(N)=O)c(C(=O)Nc3n[nH]c4ccc(S(=O)(=O)c5cccc(F)c5)cc34)cc2-c2ncc(C(=O)O)[nH]2)CC1. The molecule has 0 radical (unpaired) electrons. The fourth-order valence-electron chi connectivity index (χ4n) is 5.25. The maximum atomic E-state index is 13.8. The first-order valence-corrected chi connectivity index (χ1v) is 15.4. The molecule has 0 saturated carbocycles. The van der Waals surface area contributed by atoms with Gasteiger partial charge in [-0.15, -0.1) is 0 Å². The van der Waals surface area contributed by atoms with Crippen LogP contribution >= 0.6 is 0 Å². The number of halogens is 1. The Balaban J connectivity index is 1.41. The Kier molecular flexibility index (Phi) is 7.75. The summed E-state index contributed by atoms with van der Waals surface area (Å²) in [6.07, 6.45) is 1.15. The zero-order valence-corrected chi connectivity index (χ0v) is 25.1.